The fraction of sp³-hybridized carbons (Fsp3) is 0.480. The van der Waals surface area contributed by atoms with Crippen molar-refractivity contribution in [1.82, 2.24) is 24.1 Å². The van der Waals surface area contributed by atoms with E-state index in [0.717, 1.165) is 36.1 Å². The van der Waals surface area contributed by atoms with Crippen molar-refractivity contribution in [1.29, 1.82) is 0 Å². The summed E-state index contributed by atoms with van der Waals surface area (Å²) in [6, 6.07) is 9.08. The van der Waals surface area contributed by atoms with Crippen LogP contribution >= 0.6 is 0 Å². The lowest BCUT2D eigenvalue weighted by atomic mass is 9.98. The van der Waals surface area contributed by atoms with Gasteiger partial charge in [0.15, 0.2) is 0 Å². The number of benzene rings is 1. The van der Waals surface area contributed by atoms with Gasteiger partial charge in [-0.3, -0.25) is 14.3 Å². The van der Waals surface area contributed by atoms with E-state index in [1.54, 1.807) is 28.6 Å². The highest BCUT2D eigenvalue weighted by Gasteiger charge is 2.39. The van der Waals surface area contributed by atoms with Crippen molar-refractivity contribution >= 4 is 16.8 Å². The molecule has 5 rings (SSSR count). The number of fused-ring (bicyclic) bond motifs is 1. The Labute approximate surface area is 193 Å². The molecule has 0 aliphatic carbocycles. The average molecular weight is 450 g/mol. The minimum Gasteiger partial charge on any atom is -0.373 e. The number of rotatable bonds is 4. The maximum Gasteiger partial charge on any atom is 0.263 e. The second-order valence-corrected chi connectivity index (χ2v) is 9.14. The summed E-state index contributed by atoms with van der Waals surface area (Å²) in [5, 5.41) is 5.23. The van der Waals surface area contributed by atoms with Crippen molar-refractivity contribution in [3.8, 4) is 0 Å². The monoisotopic (exact) mass is 449 g/mol. The summed E-state index contributed by atoms with van der Waals surface area (Å²) in [7, 11) is 3.59. The number of carbonyl (C=O) groups is 1. The smallest absolute Gasteiger partial charge is 0.263 e. The Kier molecular flexibility index (Phi) is 6.03. The highest BCUT2D eigenvalue weighted by molar-refractivity contribution is 5.97. The summed E-state index contributed by atoms with van der Waals surface area (Å²) in [4.78, 5) is 31.3. The predicted octanol–water partition coefficient (Wildman–Crippen LogP) is 2.34. The quantitative estimate of drug-likeness (QED) is 0.611. The number of morpholine rings is 1. The number of aromatic nitrogens is 3. The molecule has 0 bridgehead atoms. The summed E-state index contributed by atoms with van der Waals surface area (Å²) in [6.07, 6.45) is 7.24. The lowest BCUT2D eigenvalue weighted by Crippen LogP contribution is -2.53. The maximum absolute atomic E-state index is 13.9. The number of hydrogen-bond donors (Lipinski definition) is 0. The topological polar surface area (TPSA) is 72.6 Å². The molecule has 174 valence electrons. The highest BCUT2D eigenvalue weighted by Crippen LogP contribution is 2.32. The molecule has 2 atom stereocenters. The zero-order valence-electron chi connectivity index (χ0n) is 19.3. The van der Waals surface area contributed by atoms with Crippen molar-refractivity contribution in [3.63, 3.8) is 0 Å². The molecule has 2 fully saturated rings. The van der Waals surface area contributed by atoms with E-state index in [2.05, 4.69) is 10.00 Å². The standard InChI is InChI=1S/C25H31N5O3/c1-27-16-19(15-26-27)23-22(17-29-10-6-3-7-11-29)33-13-12-30(23)25(32)20-14-18-8-4-5-9-21(18)28(2)24(20)31/h4-5,8-9,14-16,22-23H,3,6-7,10-13,17H2,1-2H3/t22-,23-/m0/s1. The molecule has 0 saturated carbocycles. The zero-order valence-corrected chi connectivity index (χ0v) is 19.3. The number of para-hydroxylation sites is 1. The Morgan fingerprint density at radius 2 is 1.91 bits per heavy atom. The average Bonchev–Trinajstić information content (AvgIpc) is 3.27. The lowest BCUT2D eigenvalue weighted by molar-refractivity contribution is -0.0742. The first kappa shape index (κ1) is 21.9. The van der Waals surface area contributed by atoms with Gasteiger partial charge in [0.25, 0.3) is 11.5 Å². The van der Waals surface area contributed by atoms with Crippen LogP contribution in [0.5, 0.6) is 0 Å². The summed E-state index contributed by atoms with van der Waals surface area (Å²) in [5.41, 5.74) is 1.67. The molecule has 2 aromatic heterocycles. The second-order valence-electron chi connectivity index (χ2n) is 9.14. The Morgan fingerprint density at radius 3 is 2.67 bits per heavy atom. The van der Waals surface area contributed by atoms with Crippen LogP contribution in [-0.2, 0) is 18.8 Å². The van der Waals surface area contributed by atoms with Gasteiger partial charge in [0.05, 0.1) is 30.5 Å². The SMILES string of the molecule is Cn1cc([C@H]2[C@H](CN3CCCCC3)OCCN2C(=O)c2cc3ccccc3n(C)c2=O)cn1. The van der Waals surface area contributed by atoms with Crippen LogP contribution in [0.4, 0.5) is 0 Å². The molecular weight excluding hydrogens is 418 g/mol. The van der Waals surface area contributed by atoms with Crippen molar-refractivity contribution in [2.24, 2.45) is 14.1 Å². The van der Waals surface area contributed by atoms with Gasteiger partial charge in [0.2, 0.25) is 0 Å². The Balaban J connectivity index is 1.52. The third-order valence-corrected chi connectivity index (χ3v) is 6.93. The number of ether oxygens (including phenoxy) is 1. The van der Waals surface area contributed by atoms with E-state index in [4.69, 9.17) is 4.74 Å². The van der Waals surface area contributed by atoms with Crippen LogP contribution in [0, 0.1) is 0 Å². The van der Waals surface area contributed by atoms with Crippen LogP contribution in [0.1, 0.15) is 41.2 Å². The largest absolute Gasteiger partial charge is 0.373 e. The van der Waals surface area contributed by atoms with Crippen LogP contribution in [0.2, 0.25) is 0 Å². The number of aryl methyl sites for hydroxylation is 2. The highest BCUT2D eigenvalue weighted by atomic mass is 16.5. The molecule has 1 amide bonds. The fourth-order valence-corrected chi connectivity index (χ4v) is 5.23. The van der Waals surface area contributed by atoms with Gasteiger partial charge in [-0.2, -0.15) is 5.10 Å². The minimum absolute atomic E-state index is 0.172. The Hall–Kier alpha value is -2.97. The fourth-order valence-electron chi connectivity index (χ4n) is 5.23. The molecule has 0 unspecified atom stereocenters. The molecule has 33 heavy (non-hydrogen) atoms. The normalized spacial score (nSPS) is 22.1. The van der Waals surface area contributed by atoms with E-state index in [1.807, 2.05) is 42.4 Å². The van der Waals surface area contributed by atoms with Crippen molar-refractivity contribution in [2.45, 2.75) is 31.4 Å². The summed E-state index contributed by atoms with van der Waals surface area (Å²) >= 11 is 0. The molecule has 1 aromatic carbocycles. The summed E-state index contributed by atoms with van der Waals surface area (Å²) in [5.74, 6) is -0.248. The number of nitrogens with zero attached hydrogens (tertiary/aromatic N) is 5. The molecule has 0 radical (unpaired) electrons. The molecule has 2 saturated heterocycles. The number of amides is 1. The number of hydrogen-bond acceptors (Lipinski definition) is 5. The van der Waals surface area contributed by atoms with Crippen molar-refractivity contribution < 1.29 is 9.53 Å². The van der Waals surface area contributed by atoms with Gasteiger partial charge in [0.1, 0.15) is 5.56 Å². The zero-order chi connectivity index (χ0) is 22.9. The number of carbonyl (C=O) groups excluding carboxylic acids is 1. The lowest BCUT2D eigenvalue weighted by Gasteiger charge is -2.43. The van der Waals surface area contributed by atoms with E-state index >= 15 is 0 Å². The molecule has 8 nitrogen and oxygen atoms in total. The molecular formula is C25H31N5O3. The van der Waals surface area contributed by atoms with Gasteiger partial charge < -0.3 is 19.1 Å². The van der Waals surface area contributed by atoms with Gasteiger partial charge in [-0.15, -0.1) is 0 Å². The van der Waals surface area contributed by atoms with Crippen LogP contribution in [0.25, 0.3) is 10.9 Å². The van der Waals surface area contributed by atoms with Crippen LogP contribution < -0.4 is 5.56 Å². The molecule has 2 aliphatic rings. The second kappa shape index (κ2) is 9.11. The molecule has 8 heteroatoms. The predicted molar refractivity (Wildman–Crippen MR) is 126 cm³/mol. The number of pyridine rings is 1. The first-order valence-electron chi connectivity index (χ1n) is 11.7. The van der Waals surface area contributed by atoms with Crippen LogP contribution in [0.15, 0.2) is 47.5 Å². The third kappa shape index (κ3) is 4.20. The first-order valence-corrected chi connectivity index (χ1v) is 11.7. The van der Waals surface area contributed by atoms with Gasteiger partial charge in [-0.25, -0.2) is 0 Å². The van der Waals surface area contributed by atoms with Crippen LogP contribution in [0.3, 0.4) is 0 Å². The first-order chi connectivity index (χ1) is 16.0. The van der Waals surface area contributed by atoms with Gasteiger partial charge in [0, 0.05) is 38.9 Å². The Morgan fingerprint density at radius 1 is 1.12 bits per heavy atom. The van der Waals surface area contributed by atoms with E-state index in [-0.39, 0.29) is 29.2 Å². The summed E-state index contributed by atoms with van der Waals surface area (Å²) in [6.45, 7) is 3.76. The molecule has 2 aliphatic heterocycles. The Bertz CT molecular complexity index is 1210. The maximum atomic E-state index is 13.9. The van der Waals surface area contributed by atoms with E-state index in [0.29, 0.717) is 13.2 Å². The summed E-state index contributed by atoms with van der Waals surface area (Å²) < 4.78 is 9.55. The van der Waals surface area contributed by atoms with Crippen LogP contribution in [-0.4, -0.2) is 68.9 Å². The number of likely N-dealkylation sites (tertiary alicyclic amines) is 1. The van der Waals surface area contributed by atoms with E-state index in [1.165, 1.54) is 19.3 Å². The van der Waals surface area contributed by atoms with E-state index < -0.39 is 0 Å². The van der Waals surface area contributed by atoms with Gasteiger partial charge in [-0.05, 0) is 43.5 Å². The van der Waals surface area contributed by atoms with Crippen molar-refractivity contribution in [2.75, 3.05) is 32.8 Å². The number of piperidine rings is 1. The van der Waals surface area contributed by atoms with Crippen molar-refractivity contribution in [3.05, 3.63) is 64.2 Å². The van der Waals surface area contributed by atoms with E-state index in [9.17, 15) is 9.59 Å². The molecule has 4 heterocycles. The molecule has 0 N–H and O–H groups in total. The van der Waals surface area contributed by atoms with Gasteiger partial charge in [-0.1, -0.05) is 24.6 Å². The molecule has 0 spiro atoms. The van der Waals surface area contributed by atoms with Gasteiger partial charge >= 0.3 is 0 Å². The third-order valence-electron chi connectivity index (χ3n) is 6.93. The minimum atomic E-state index is -0.293. The molecule has 3 aromatic rings.